The van der Waals surface area contributed by atoms with Crippen molar-refractivity contribution in [2.24, 2.45) is 0 Å². The average Bonchev–Trinajstić information content (AvgIpc) is 2.80. The quantitative estimate of drug-likeness (QED) is 0.189. The molecule has 7 heteroatoms. The van der Waals surface area contributed by atoms with Crippen molar-refractivity contribution >= 4 is 0 Å². The van der Waals surface area contributed by atoms with Crippen LogP contribution in [-0.2, 0) is 19.3 Å². The first kappa shape index (κ1) is 24.3. The van der Waals surface area contributed by atoms with Gasteiger partial charge >= 0.3 is 0 Å². The van der Waals surface area contributed by atoms with Crippen LogP contribution in [0.25, 0.3) is 11.1 Å². The highest BCUT2D eigenvalue weighted by atomic mass is 19.2. The first-order valence-corrected chi connectivity index (χ1v) is 11.3. The highest BCUT2D eigenvalue weighted by Crippen LogP contribution is 2.42. The summed E-state index contributed by atoms with van der Waals surface area (Å²) in [6.45, 7) is 2.02. The normalized spacial score (nSPS) is 15.5. The van der Waals surface area contributed by atoms with E-state index in [0.29, 0.717) is 12.0 Å². The molecule has 3 aromatic rings. The topological polar surface area (TPSA) is 0 Å². The van der Waals surface area contributed by atoms with E-state index < -0.39 is 57.8 Å². The molecule has 3 aromatic carbocycles. The molecule has 0 fully saturated rings. The summed E-state index contributed by atoms with van der Waals surface area (Å²) in [6.07, 6.45) is 2.86. The van der Waals surface area contributed by atoms with Gasteiger partial charge in [-0.05, 0) is 72.9 Å². The first-order chi connectivity index (χ1) is 16.2. The van der Waals surface area contributed by atoms with Gasteiger partial charge in [-0.2, -0.15) is 0 Å². The molecule has 0 radical (unpaired) electrons. The van der Waals surface area contributed by atoms with Gasteiger partial charge in [-0.3, -0.25) is 0 Å². The fourth-order valence-corrected chi connectivity index (χ4v) is 4.82. The number of unbranched alkanes of at least 4 members (excludes halogenated alkanes) is 2. The van der Waals surface area contributed by atoms with Gasteiger partial charge in [-0.1, -0.05) is 31.9 Å². The Hall–Kier alpha value is -2.83. The molecule has 0 amide bonds. The summed E-state index contributed by atoms with van der Waals surface area (Å²) in [7, 11) is 0. The van der Waals surface area contributed by atoms with E-state index in [1.54, 1.807) is 0 Å². The molecule has 0 N–H and O–H groups in total. The van der Waals surface area contributed by atoms with Crippen molar-refractivity contribution < 1.29 is 30.7 Å². The smallest absolute Gasteiger partial charge is 0.169 e. The summed E-state index contributed by atoms with van der Waals surface area (Å²) >= 11 is 0. The van der Waals surface area contributed by atoms with Crippen molar-refractivity contribution in [1.29, 1.82) is 0 Å². The van der Waals surface area contributed by atoms with Crippen molar-refractivity contribution in [3.8, 4) is 11.1 Å². The van der Waals surface area contributed by atoms with Crippen molar-refractivity contribution in [2.75, 3.05) is 0 Å². The molecule has 0 aliphatic heterocycles. The molecule has 180 valence electrons. The molecule has 0 aromatic heterocycles. The lowest BCUT2D eigenvalue weighted by Crippen LogP contribution is -2.20. The van der Waals surface area contributed by atoms with Gasteiger partial charge in [0.25, 0.3) is 0 Å². The van der Waals surface area contributed by atoms with Crippen LogP contribution >= 0.6 is 0 Å². The van der Waals surface area contributed by atoms with E-state index >= 15 is 8.78 Å². The van der Waals surface area contributed by atoms with Crippen LogP contribution in [0.5, 0.6) is 0 Å². The van der Waals surface area contributed by atoms with E-state index in [1.807, 2.05) is 6.92 Å². The fraction of sp³-hybridized carbons (Fsp3) is 0.333. The van der Waals surface area contributed by atoms with Gasteiger partial charge < -0.3 is 0 Å². The molecule has 1 atom stereocenters. The lowest BCUT2D eigenvalue weighted by atomic mass is 9.78. The third-order valence-electron chi connectivity index (χ3n) is 6.56. The number of fused-ring (bicyclic) bond motifs is 1. The van der Waals surface area contributed by atoms with Crippen molar-refractivity contribution in [3.63, 3.8) is 0 Å². The molecule has 0 saturated carbocycles. The summed E-state index contributed by atoms with van der Waals surface area (Å²) < 4.78 is 103. The molecular weight excluding hydrogens is 457 g/mol. The maximum Gasteiger partial charge on any atom is 0.169 e. The zero-order valence-corrected chi connectivity index (χ0v) is 18.6. The first-order valence-electron chi connectivity index (χ1n) is 11.3. The van der Waals surface area contributed by atoms with Gasteiger partial charge in [0.05, 0.1) is 5.56 Å². The Kier molecular flexibility index (Phi) is 7.01. The minimum atomic E-state index is -1.66. The molecule has 0 spiro atoms. The Morgan fingerprint density at radius 3 is 2.15 bits per heavy atom. The van der Waals surface area contributed by atoms with Gasteiger partial charge in [-0.25, -0.2) is 30.7 Å². The lowest BCUT2D eigenvalue weighted by Gasteiger charge is -2.28. The van der Waals surface area contributed by atoms with Crippen LogP contribution < -0.4 is 0 Å². The van der Waals surface area contributed by atoms with Crippen LogP contribution in [0.3, 0.4) is 0 Å². The van der Waals surface area contributed by atoms with E-state index in [4.69, 9.17) is 0 Å². The number of aryl methyl sites for hydroxylation is 1. The van der Waals surface area contributed by atoms with E-state index in [-0.39, 0.29) is 36.0 Å². The number of benzene rings is 3. The lowest BCUT2D eigenvalue weighted by molar-refractivity contribution is 0.441. The molecule has 1 unspecified atom stereocenters. The van der Waals surface area contributed by atoms with E-state index in [1.165, 1.54) is 12.1 Å². The Labute approximate surface area is 193 Å². The number of hydrogen-bond donors (Lipinski definition) is 0. The van der Waals surface area contributed by atoms with Gasteiger partial charge in [0, 0.05) is 11.1 Å². The summed E-state index contributed by atoms with van der Waals surface area (Å²) in [5, 5.41) is 0. The van der Waals surface area contributed by atoms with E-state index in [0.717, 1.165) is 37.5 Å². The van der Waals surface area contributed by atoms with Gasteiger partial charge in [0.2, 0.25) is 0 Å². The van der Waals surface area contributed by atoms with Crippen LogP contribution in [0.15, 0.2) is 30.3 Å². The minimum absolute atomic E-state index is 0.0864. The summed E-state index contributed by atoms with van der Waals surface area (Å²) in [5.41, 5.74) is -1.95. The predicted octanol–water partition coefficient (Wildman–Crippen LogP) is 8.33. The molecule has 34 heavy (non-hydrogen) atoms. The number of hydrogen-bond acceptors (Lipinski definition) is 0. The van der Waals surface area contributed by atoms with Crippen LogP contribution in [0, 0.1) is 40.7 Å². The van der Waals surface area contributed by atoms with Gasteiger partial charge in [0.15, 0.2) is 23.3 Å². The third-order valence-corrected chi connectivity index (χ3v) is 6.56. The molecule has 0 nitrogen and oxygen atoms in total. The second-order valence-electron chi connectivity index (χ2n) is 8.75. The zero-order valence-electron chi connectivity index (χ0n) is 18.6. The van der Waals surface area contributed by atoms with E-state index in [9.17, 15) is 22.0 Å². The molecule has 1 aliphatic rings. The second-order valence-corrected chi connectivity index (χ2v) is 8.75. The summed E-state index contributed by atoms with van der Waals surface area (Å²) in [4.78, 5) is 0. The monoisotopic (exact) mass is 480 g/mol. The molecule has 1 aliphatic carbocycles. The molecular formula is C27H23F7. The number of halogens is 7. The Morgan fingerprint density at radius 1 is 0.765 bits per heavy atom. The van der Waals surface area contributed by atoms with Crippen LogP contribution in [-0.4, -0.2) is 0 Å². The number of rotatable bonds is 6. The largest absolute Gasteiger partial charge is 0.207 e. The molecule has 0 saturated heterocycles. The second kappa shape index (κ2) is 9.80. The van der Waals surface area contributed by atoms with Crippen LogP contribution in [0.2, 0.25) is 0 Å². The Bertz CT molecular complexity index is 1210. The van der Waals surface area contributed by atoms with Crippen molar-refractivity contribution in [2.45, 2.75) is 57.8 Å². The highest BCUT2D eigenvalue weighted by molar-refractivity contribution is 5.68. The molecule has 0 bridgehead atoms. The SMILES string of the molecule is CCCCCc1cc(F)c(C2CCc3c(F)c(-c4cccc(F)c4F)c(F)c(F)c3C2)c(F)c1. The van der Waals surface area contributed by atoms with Crippen LogP contribution in [0.1, 0.15) is 60.8 Å². The standard InChI is InChI=1S/C27H23F7/c1-2-3-4-6-14-11-20(29)22(21(30)12-14)15-9-10-16-18(13-15)26(33)27(34)23(25(16)32)17-7-5-8-19(28)24(17)31/h5,7-8,11-12,15H,2-4,6,9-10,13H2,1H3. The zero-order chi connectivity index (χ0) is 24.6. The van der Waals surface area contributed by atoms with E-state index in [2.05, 4.69) is 0 Å². The van der Waals surface area contributed by atoms with Gasteiger partial charge in [0.1, 0.15) is 17.5 Å². The Morgan fingerprint density at radius 2 is 1.47 bits per heavy atom. The maximum absolute atomic E-state index is 15.2. The van der Waals surface area contributed by atoms with Crippen LogP contribution in [0.4, 0.5) is 30.7 Å². The highest BCUT2D eigenvalue weighted by Gasteiger charge is 2.34. The predicted molar refractivity (Wildman–Crippen MR) is 116 cm³/mol. The summed E-state index contributed by atoms with van der Waals surface area (Å²) in [6, 6.07) is 5.34. The fourth-order valence-electron chi connectivity index (χ4n) is 4.82. The minimum Gasteiger partial charge on any atom is -0.207 e. The molecule has 0 heterocycles. The molecule has 4 rings (SSSR count). The Balaban J connectivity index is 1.71. The van der Waals surface area contributed by atoms with Crippen molar-refractivity contribution in [3.05, 3.63) is 93.3 Å². The third kappa shape index (κ3) is 4.32. The van der Waals surface area contributed by atoms with Crippen molar-refractivity contribution in [1.82, 2.24) is 0 Å². The van der Waals surface area contributed by atoms with Gasteiger partial charge in [-0.15, -0.1) is 0 Å². The average molecular weight is 480 g/mol. The maximum atomic E-state index is 15.2. The summed E-state index contributed by atoms with van der Waals surface area (Å²) in [5.74, 6) is -9.42.